The van der Waals surface area contributed by atoms with Gasteiger partial charge in [0, 0.05) is 0 Å². The lowest BCUT2D eigenvalue weighted by molar-refractivity contribution is -0.113. The number of hydrogen-bond acceptors (Lipinski definition) is 8. The van der Waals surface area contributed by atoms with Gasteiger partial charge in [0.15, 0.2) is 4.34 Å². The molecule has 22 heavy (non-hydrogen) atoms. The topological polar surface area (TPSA) is 81.2 Å². The molecular formula is C13H15N3O3S3. The van der Waals surface area contributed by atoms with E-state index >= 15 is 0 Å². The second-order valence-electron chi connectivity index (χ2n) is 4.27. The molecule has 0 unspecified atom stereocenters. The molecule has 0 aromatic carbocycles. The van der Waals surface area contributed by atoms with Gasteiger partial charge in [0.2, 0.25) is 5.91 Å². The summed E-state index contributed by atoms with van der Waals surface area (Å²) >= 11 is 4.01. The van der Waals surface area contributed by atoms with E-state index in [0.29, 0.717) is 16.5 Å². The van der Waals surface area contributed by atoms with Crippen LogP contribution >= 0.6 is 34.4 Å². The van der Waals surface area contributed by atoms with E-state index in [-0.39, 0.29) is 17.6 Å². The Morgan fingerprint density at radius 2 is 2.09 bits per heavy atom. The van der Waals surface area contributed by atoms with E-state index in [9.17, 15) is 9.59 Å². The molecular weight excluding hydrogens is 342 g/mol. The van der Waals surface area contributed by atoms with Crippen LogP contribution in [0.2, 0.25) is 0 Å². The van der Waals surface area contributed by atoms with Crippen molar-refractivity contribution in [1.29, 1.82) is 0 Å². The van der Waals surface area contributed by atoms with E-state index in [1.165, 1.54) is 34.4 Å². The summed E-state index contributed by atoms with van der Waals surface area (Å²) in [5, 5.41) is 12.1. The van der Waals surface area contributed by atoms with Gasteiger partial charge in [-0.25, -0.2) is 4.79 Å². The third-order valence-corrected chi connectivity index (χ3v) is 5.58. The van der Waals surface area contributed by atoms with Crippen molar-refractivity contribution in [2.24, 2.45) is 0 Å². The van der Waals surface area contributed by atoms with Crippen LogP contribution in [0.25, 0.3) is 0 Å². The van der Waals surface area contributed by atoms with Gasteiger partial charge >= 0.3 is 5.97 Å². The van der Waals surface area contributed by atoms with Crippen molar-refractivity contribution in [2.75, 3.05) is 17.7 Å². The predicted octanol–water partition coefficient (Wildman–Crippen LogP) is 3.12. The highest BCUT2D eigenvalue weighted by molar-refractivity contribution is 8.01. The fourth-order valence-electron chi connectivity index (χ4n) is 1.58. The molecule has 6 nitrogen and oxygen atoms in total. The maximum Gasteiger partial charge on any atom is 0.348 e. The largest absolute Gasteiger partial charge is 0.462 e. The van der Waals surface area contributed by atoms with E-state index < -0.39 is 0 Å². The van der Waals surface area contributed by atoms with Crippen LogP contribution in [0.3, 0.4) is 0 Å². The van der Waals surface area contributed by atoms with Crippen molar-refractivity contribution in [3.05, 3.63) is 21.5 Å². The normalized spacial score (nSPS) is 10.5. The predicted molar refractivity (Wildman–Crippen MR) is 89.0 cm³/mol. The second kappa shape index (κ2) is 7.70. The number of hydrogen-bond donors (Lipinski definition) is 1. The number of aromatic nitrogens is 2. The molecule has 118 valence electrons. The first-order chi connectivity index (χ1) is 10.5. The van der Waals surface area contributed by atoms with E-state index in [1.807, 2.05) is 13.8 Å². The highest BCUT2D eigenvalue weighted by atomic mass is 32.2. The molecule has 0 bridgehead atoms. The number of amides is 1. The Labute approximate surface area is 140 Å². The number of carbonyl (C=O) groups is 2. The van der Waals surface area contributed by atoms with Crippen LogP contribution in [0.15, 0.2) is 10.4 Å². The molecule has 9 heteroatoms. The van der Waals surface area contributed by atoms with Crippen molar-refractivity contribution >= 4 is 51.3 Å². The zero-order valence-corrected chi connectivity index (χ0v) is 14.8. The number of thioether (sulfide) groups is 1. The van der Waals surface area contributed by atoms with Crippen molar-refractivity contribution < 1.29 is 14.3 Å². The lowest BCUT2D eigenvalue weighted by atomic mass is 10.3. The number of rotatable bonds is 6. The first-order valence-corrected chi connectivity index (χ1v) is 9.11. The number of aryl methyl sites for hydroxylation is 2. The summed E-state index contributed by atoms with van der Waals surface area (Å²) in [6, 6.07) is 1.77. The Morgan fingerprint density at radius 3 is 2.73 bits per heavy atom. The van der Waals surface area contributed by atoms with Crippen LogP contribution in [-0.2, 0) is 9.53 Å². The molecule has 0 atom stereocenters. The van der Waals surface area contributed by atoms with Crippen molar-refractivity contribution in [1.82, 2.24) is 10.2 Å². The molecule has 2 aromatic heterocycles. The third kappa shape index (κ3) is 4.52. The van der Waals surface area contributed by atoms with Crippen molar-refractivity contribution in [2.45, 2.75) is 25.1 Å². The van der Waals surface area contributed by atoms with Gasteiger partial charge in [0.25, 0.3) is 0 Å². The van der Waals surface area contributed by atoms with Crippen LogP contribution < -0.4 is 5.32 Å². The lowest BCUT2D eigenvalue weighted by Crippen LogP contribution is -2.12. The standard InChI is InChI=1S/C13H15N3O3S3/c1-4-19-12(18)11-7(2)5-10(22-11)14-9(17)6-20-13-16-15-8(3)21-13/h5H,4,6H2,1-3H3,(H,14,17). The molecule has 0 radical (unpaired) electrons. The van der Waals surface area contributed by atoms with Gasteiger partial charge in [0.1, 0.15) is 9.88 Å². The maximum absolute atomic E-state index is 11.9. The molecule has 0 fully saturated rings. The Kier molecular flexibility index (Phi) is 5.92. The highest BCUT2D eigenvalue weighted by Crippen LogP contribution is 2.28. The molecule has 2 aromatic rings. The zero-order chi connectivity index (χ0) is 16.1. The molecule has 0 saturated heterocycles. The number of esters is 1. The Bertz CT molecular complexity index is 681. The van der Waals surface area contributed by atoms with Gasteiger partial charge in [0.05, 0.1) is 17.4 Å². The first kappa shape index (κ1) is 16.9. The second-order valence-corrected chi connectivity index (χ2v) is 7.72. The number of carbonyl (C=O) groups excluding carboxylic acids is 2. The molecule has 1 amide bonds. The molecule has 0 aliphatic carbocycles. The monoisotopic (exact) mass is 357 g/mol. The molecule has 0 aliphatic rings. The van der Waals surface area contributed by atoms with Gasteiger partial charge in [-0.05, 0) is 32.4 Å². The summed E-state index contributed by atoms with van der Waals surface area (Å²) < 4.78 is 5.74. The average molecular weight is 357 g/mol. The SMILES string of the molecule is CCOC(=O)c1sc(NC(=O)CSc2nnc(C)s2)cc1C. The Morgan fingerprint density at radius 1 is 1.32 bits per heavy atom. The minimum absolute atomic E-state index is 0.144. The smallest absolute Gasteiger partial charge is 0.348 e. The van der Waals surface area contributed by atoms with Gasteiger partial charge in [-0.2, -0.15) is 0 Å². The molecule has 0 spiro atoms. The minimum atomic E-state index is -0.357. The number of nitrogens with one attached hydrogen (secondary N) is 1. The van der Waals surface area contributed by atoms with Gasteiger partial charge in [-0.3, -0.25) is 4.79 Å². The van der Waals surface area contributed by atoms with Gasteiger partial charge in [-0.1, -0.05) is 23.1 Å². The molecule has 0 saturated carbocycles. The van der Waals surface area contributed by atoms with E-state index in [2.05, 4.69) is 15.5 Å². The summed E-state index contributed by atoms with van der Waals surface area (Å²) in [4.78, 5) is 24.2. The summed E-state index contributed by atoms with van der Waals surface area (Å²) in [5.74, 6) is -0.251. The number of anilines is 1. The first-order valence-electron chi connectivity index (χ1n) is 6.50. The van der Waals surface area contributed by atoms with E-state index in [4.69, 9.17) is 4.74 Å². The number of ether oxygens (including phenoxy) is 1. The van der Waals surface area contributed by atoms with Crippen LogP contribution in [-0.4, -0.2) is 34.4 Å². The Hall–Kier alpha value is -1.45. The van der Waals surface area contributed by atoms with E-state index in [1.54, 1.807) is 13.0 Å². The fourth-order valence-corrected chi connectivity index (χ4v) is 4.18. The lowest BCUT2D eigenvalue weighted by Gasteiger charge is -2.00. The van der Waals surface area contributed by atoms with Crippen LogP contribution in [0, 0.1) is 13.8 Å². The van der Waals surface area contributed by atoms with E-state index in [0.717, 1.165) is 14.9 Å². The molecule has 1 N–H and O–H groups in total. The average Bonchev–Trinajstić information content (AvgIpc) is 3.03. The minimum Gasteiger partial charge on any atom is -0.462 e. The van der Waals surface area contributed by atoms with Crippen molar-refractivity contribution in [3.8, 4) is 0 Å². The zero-order valence-electron chi connectivity index (χ0n) is 12.3. The molecule has 2 heterocycles. The molecule has 2 rings (SSSR count). The summed E-state index contributed by atoms with van der Waals surface area (Å²) in [6.07, 6.45) is 0. The Balaban J connectivity index is 1.91. The number of nitrogens with zero attached hydrogens (tertiary/aromatic N) is 2. The quantitative estimate of drug-likeness (QED) is 0.632. The highest BCUT2D eigenvalue weighted by Gasteiger charge is 2.16. The van der Waals surface area contributed by atoms with Gasteiger partial charge in [-0.15, -0.1) is 21.5 Å². The van der Waals surface area contributed by atoms with Crippen LogP contribution in [0.1, 0.15) is 27.2 Å². The fraction of sp³-hybridized carbons (Fsp3) is 0.385. The van der Waals surface area contributed by atoms with Gasteiger partial charge < -0.3 is 10.1 Å². The van der Waals surface area contributed by atoms with Crippen LogP contribution in [0.5, 0.6) is 0 Å². The summed E-state index contributed by atoms with van der Waals surface area (Å²) in [7, 11) is 0. The molecule has 0 aliphatic heterocycles. The number of thiophene rings is 1. The summed E-state index contributed by atoms with van der Waals surface area (Å²) in [5.41, 5.74) is 0.797. The maximum atomic E-state index is 11.9. The van der Waals surface area contributed by atoms with Crippen LogP contribution in [0.4, 0.5) is 5.00 Å². The third-order valence-electron chi connectivity index (χ3n) is 2.48. The van der Waals surface area contributed by atoms with Crippen molar-refractivity contribution in [3.63, 3.8) is 0 Å². The summed E-state index contributed by atoms with van der Waals surface area (Å²) in [6.45, 7) is 5.77.